The van der Waals surface area contributed by atoms with Crippen molar-refractivity contribution in [1.29, 1.82) is 0 Å². The van der Waals surface area contributed by atoms with Crippen molar-refractivity contribution < 1.29 is 9.59 Å². The number of carbonyl (C=O) groups is 2. The Balaban J connectivity index is 1.63. The summed E-state index contributed by atoms with van der Waals surface area (Å²) in [5.74, 6) is -0.0679. The van der Waals surface area contributed by atoms with Gasteiger partial charge in [0, 0.05) is 24.1 Å². The van der Waals surface area contributed by atoms with Gasteiger partial charge in [-0.15, -0.1) is 0 Å². The van der Waals surface area contributed by atoms with Gasteiger partial charge in [-0.1, -0.05) is 55.3 Å². The summed E-state index contributed by atoms with van der Waals surface area (Å²) in [4.78, 5) is 23.3. The molecule has 1 aliphatic carbocycles. The van der Waals surface area contributed by atoms with Crippen LogP contribution in [0.2, 0.25) is 0 Å². The molecule has 5 nitrogen and oxygen atoms in total. The zero-order valence-corrected chi connectivity index (χ0v) is 14.8. The van der Waals surface area contributed by atoms with Gasteiger partial charge in [0.1, 0.15) is 0 Å². The predicted octanol–water partition coefficient (Wildman–Crippen LogP) is 3.10. The number of hydrogen-bond donors (Lipinski definition) is 3. The Hall–Kier alpha value is -2.82. The molecule has 0 aliphatic heterocycles. The van der Waals surface area contributed by atoms with Crippen LogP contribution in [-0.2, 0) is 12.0 Å². The molecule has 0 radical (unpaired) electrons. The molecule has 136 valence electrons. The second-order valence-corrected chi connectivity index (χ2v) is 6.95. The first kappa shape index (κ1) is 18.0. The van der Waals surface area contributed by atoms with Crippen LogP contribution in [0, 0.1) is 0 Å². The second-order valence-electron chi connectivity index (χ2n) is 6.95. The molecule has 4 N–H and O–H groups in total. The normalized spacial score (nSPS) is 15.4. The zero-order chi connectivity index (χ0) is 18.4. The van der Waals surface area contributed by atoms with Gasteiger partial charge in [0.05, 0.1) is 0 Å². The highest BCUT2D eigenvalue weighted by atomic mass is 16.2. The van der Waals surface area contributed by atoms with Crippen LogP contribution in [0.3, 0.4) is 0 Å². The Morgan fingerprint density at radius 1 is 0.923 bits per heavy atom. The highest BCUT2D eigenvalue weighted by Crippen LogP contribution is 2.40. The van der Waals surface area contributed by atoms with Gasteiger partial charge in [0.25, 0.3) is 5.91 Å². The van der Waals surface area contributed by atoms with Crippen molar-refractivity contribution in [2.45, 2.75) is 37.6 Å². The number of carbonyl (C=O) groups excluding carboxylic acids is 2. The van der Waals surface area contributed by atoms with E-state index < -0.39 is 6.03 Å². The van der Waals surface area contributed by atoms with Crippen LogP contribution >= 0.6 is 0 Å². The molecular formula is C21H25N3O2. The number of nitrogens with one attached hydrogen (secondary N) is 2. The van der Waals surface area contributed by atoms with Crippen LogP contribution in [0.4, 0.5) is 4.79 Å². The molecule has 2 aromatic rings. The van der Waals surface area contributed by atoms with Crippen LogP contribution in [0.1, 0.15) is 47.2 Å². The number of hydrogen-bond acceptors (Lipinski definition) is 2. The first-order valence-corrected chi connectivity index (χ1v) is 9.05. The van der Waals surface area contributed by atoms with Crippen molar-refractivity contribution in [2.75, 3.05) is 6.54 Å². The fourth-order valence-electron chi connectivity index (χ4n) is 3.73. The van der Waals surface area contributed by atoms with E-state index in [1.807, 2.05) is 18.2 Å². The van der Waals surface area contributed by atoms with E-state index in [9.17, 15) is 9.59 Å². The van der Waals surface area contributed by atoms with Crippen molar-refractivity contribution in [3.63, 3.8) is 0 Å². The van der Waals surface area contributed by atoms with E-state index in [0.717, 1.165) is 18.4 Å². The summed E-state index contributed by atoms with van der Waals surface area (Å²) >= 11 is 0. The smallest absolute Gasteiger partial charge is 0.312 e. The summed E-state index contributed by atoms with van der Waals surface area (Å²) < 4.78 is 0. The standard InChI is InChI=1S/C21H25N3O2/c22-20(26)23-14-16-8-10-17(11-9-16)19(25)24-15-21(12-4-5-13-21)18-6-2-1-3-7-18/h1-3,6-11H,4-5,12-15H2,(H,24,25)(H3,22,23,26). The summed E-state index contributed by atoms with van der Waals surface area (Å²) in [6.45, 7) is 1.01. The van der Waals surface area contributed by atoms with Crippen molar-refractivity contribution in [3.8, 4) is 0 Å². The van der Waals surface area contributed by atoms with Crippen LogP contribution in [-0.4, -0.2) is 18.5 Å². The minimum Gasteiger partial charge on any atom is -0.352 e. The predicted molar refractivity (Wildman–Crippen MR) is 102 cm³/mol. The second kappa shape index (κ2) is 8.04. The maximum atomic E-state index is 12.6. The SMILES string of the molecule is NC(=O)NCc1ccc(C(=O)NCC2(c3ccccc3)CCCC2)cc1. The lowest BCUT2D eigenvalue weighted by molar-refractivity contribution is 0.0943. The molecule has 0 bridgehead atoms. The molecule has 1 aliphatic rings. The van der Waals surface area contributed by atoms with Gasteiger partial charge in [-0.05, 0) is 36.1 Å². The molecule has 2 aromatic carbocycles. The van der Waals surface area contributed by atoms with E-state index >= 15 is 0 Å². The molecule has 26 heavy (non-hydrogen) atoms. The lowest BCUT2D eigenvalue weighted by atomic mass is 9.79. The van der Waals surface area contributed by atoms with Crippen LogP contribution in [0.5, 0.6) is 0 Å². The largest absolute Gasteiger partial charge is 0.352 e. The summed E-state index contributed by atoms with van der Waals surface area (Å²) in [7, 11) is 0. The molecule has 0 unspecified atom stereocenters. The first-order valence-electron chi connectivity index (χ1n) is 9.05. The maximum absolute atomic E-state index is 12.6. The van der Waals surface area contributed by atoms with Gasteiger partial charge in [-0.3, -0.25) is 4.79 Å². The highest BCUT2D eigenvalue weighted by Gasteiger charge is 2.35. The fourth-order valence-corrected chi connectivity index (χ4v) is 3.73. The zero-order valence-electron chi connectivity index (χ0n) is 14.8. The van der Waals surface area contributed by atoms with Gasteiger partial charge in [-0.2, -0.15) is 0 Å². The van der Waals surface area contributed by atoms with Crippen LogP contribution < -0.4 is 16.4 Å². The number of benzene rings is 2. The fraction of sp³-hybridized carbons (Fsp3) is 0.333. The van der Waals surface area contributed by atoms with E-state index in [0.29, 0.717) is 18.7 Å². The Morgan fingerprint density at radius 2 is 1.58 bits per heavy atom. The molecule has 0 atom stereocenters. The summed E-state index contributed by atoms with van der Waals surface area (Å²) in [6, 6.07) is 17.1. The number of rotatable bonds is 6. The molecule has 1 saturated carbocycles. The van der Waals surface area contributed by atoms with Crippen LogP contribution in [0.15, 0.2) is 54.6 Å². The molecule has 5 heteroatoms. The van der Waals surface area contributed by atoms with Gasteiger partial charge in [0.2, 0.25) is 0 Å². The summed E-state index contributed by atoms with van der Waals surface area (Å²) in [6.07, 6.45) is 4.61. The Morgan fingerprint density at radius 3 is 2.19 bits per heavy atom. The van der Waals surface area contributed by atoms with Crippen molar-refractivity contribution >= 4 is 11.9 Å². The van der Waals surface area contributed by atoms with E-state index in [-0.39, 0.29) is 11.3 Å². The minimum atomic E-state index is -0.561. The maximum Gasteiger partial charge on any atom is 0.312 e. The van der Waals surface area contributed by atoms with Gasteiger partial charge in [-0.25, -0.2) is 4.79 Å². The molecule has 0 spiro atoms. The molecule has 3 amide bonds. The van der Waals surface area contributed by atoms with Gasteiger partial charge >= 0.3 is 6.03 Å². The van der Waals surface area contributed by atoms with Crippen molar-refractivity contribution in [3.05, 3.63) is 71.3 Å². The average molecular weight is 351 g/mol. The monoisotopic (exact) mass is 351 g/mol. The molecule has 0 heterocycles. The molecule has 1 fully saturated rings. The Kier molecular flexibility index (Phi) is 5.56. The minimum absolute atomic E-state index is 0.0439. The van der Waals surface area contributed by atoms with Gasteiger partial charge in [0.15, 0.2) is 0 Å². The molecule has 0 aromatic heterocycles. The average Bonchev–Trinajstić information content (AvgIpc) is 3.16. The molecular weight excluding hydrogens is 326 g/mol. The van der Waals surface area contributed by atoms with E-state index in [1.165, 1.54) is 18.4 Å². The third-order valence-corrected chi connectivity index (χ3v) is 5.22. The number of nitrogens with two attached hydrogens (primary N) is 1. The van der Waals surface area contributed by atoms with E-state index in [1.54, 1.807) is 12.1 Å². The van der Waals surface area contributed by atoms with Gasteiger partial charge < -0.3 is 16.4 Å². The van der Waals surface area contributed by atoms with Crippen molar-refractivity contribution in [1.82, 2.24) is 10.6 Å². The number of primary amides is 1. The quantitative estimate of drug-likeness (QED) is 0.747. The Labute approximate surface area is 154 Å². The topological polar surface area (TPSA) is 84.2 Å². The first-order chi connectivity index (χ1) is 12.6. The molecule has 0 saturated heterocycles. The summed E-state index contributed by atoms with van der Waals surface area (Å²) in [5.41, 5.74) is 7.94. The van der Waals surface area contributed by atoms with Crippen molar-refractivity contribution in [2.24, 2.45) is 5.73 Å². The molecule has 3 rings (SSSR count). The third-order valence-electron chi connectivity index (χ3n) is 5.22. The third kappa shape index (κ3) is 4.23. The van der Waals surface area contributed by atoms with E-state index in [4.69, 9.17) is 5.73 Å². The van der Waals surface area contributed by atoms with Crippen LogP contribution in [0.25, 0.3) is 0 Å². The number of urea groups is 1. The lowest BCUT2D eigenvalue weighted by Gasteiger charge is -2.30. The summed E-state index contributed by atoms with van der Waals surface area (Å²) in [5, 5.41) is 5.66. The van der Waals surface area contributed by atoms with E-state index in [2.05, 4.69) is 34.9 Å². The Bertz CT molecular complexity index is 751. The number of amides is 3. The lowest BCUT2D eigenvalue weighted by Crippen LogP contribution is -2.39. The highest BCUT2D eigenvalue weighted by molar-refractivity contribution is 5.94.